The molecule has 2 aromatic heterocycles. The third-order valence-electron chi connectivity index (χ3n) is 3.40. The van der Waals surface area contributed by atoms with Crippen molar-refractivity contribution in [2.75, 3.05) is 0 Å². The highest BCUT2D eigenvalue weighted by atomic mass is 35.5. The van der Waals surface area contributed by atoms with Crippen molar-refractivity contribution in [3.63, 3.8) is 0 Å². The van der Waals surface area contributed by atoms with Gasteiger partial charge < -0.3 is 5.73 Å². The Morgan fingerprint density at radius 1 is 1.32 bits per heavy atom. The molecule has 0 amide bonds. The normalized spacial score (nSPS) is 12.5. The van der Waals surface area contributed by atoms with E-state index in [2.05, 4.69) is 9.97 Å². The molecule has 5 nitrogen and oxygen atoms in total. The zero-order chi connectivity index (χ0) is 15.9. The van der Waals surface area contributed by atoms with Crippen LogP contribution < -0.4 is 11.3 Å². The highest BCUT2D eigenvalue weighted by molar-refractivity contribution is 6.35. The van der Waals surface area contributed by atoms with Gasteiger partial charge in [-0.25, -0.2) is 4.98 Å². The van der Waals surface area contributed by atoms with E-state index >= 15 is 0 Å². The van der Waals surface area contributed by atoms with Crippen LogP contribution in [0.4, 0.5) is 0 Å². The number of halogens is 1. The van der Waals surface area contributed by atoms with Gasteiger partial charge in [-0.15, -0.1) is 0 Å². The quantitative estimate of drug-likeness (QED) is 0.789. The lowest BCUT2D eigenvalue weighted by molar-refractivity contribution is 0.695. The van der Waals surface area contributed by atoms with Gasteiger partial charge in [0.2, 0.25) is 0 Å². The van der Waals surface area contributed by atoms with Crippen LogP contribution in [-0.4, -0.2) is 14.5 Å². The van der Waals surface area contributed by atoms with Gasteiger partial charge in [-0.05, 0) is 37.6 Å². The molecule has 2 N–H and O–H groups in total. The second-order valence-corrected chi connectivity index (χ2v) is 5.66. The van der Waals surface area contributed by atoms with Crippen molar-refractivity contribution in [1.29, 1.82) is 0 Å². The highest BCUT2D eigenvalue weighted by Gasteiger charge is 2.17. The monoisotopic (exact) mass is 314 g/mol. The molecule has 0 aliphatic carbocycles. The fraction of sp³-hybridized carbons (Fsp3) is 0.188. The molecule has 3 aromatic rings. The minimum Gasteiger partial charge on any atom is -0.322 e. The fourth-order valence-corrected chi connectivity index (χ4v) is 2.67. The largest absolute Gasteiger partial charge is 0.322 e. The van der Waals surface area contributed by atoms with Crippen LogP contribution in [0.1, 0.15) is 24.4 Å². The van der Waals surface area contributed by atoms with E-state index in [-0.39, 0.29) is 5.56 Å². The average Bonchev–Trinajstić information content (AvgIpc) is 2.46. The summed E-state index contributed by atoms with van der Waals surface area (Å²) in [6.45, 7) is 3.70. The summed E-state index contributed by atoms with van der Waals surface area (Å²) in [5, 5.41) is 0.760. The number of benzene rings is 1. The maximum Gasteiger partial charge on any atom is 0.267 e. The van der Waals surface area contributed by atoms with Crippen molar-refractivity contribution in [1.82, 2.24) is 14.5 Å². The molecule has 0 saturated heterocycles. The summed E-state index contributed by atoms with van der Waals surface area (Å²) in [7, 11) is 0. The van der Waals surface area contributed by atoms with Gasteiger partial charge in [-0.3, -0.25) is 14.3 Å². The Balaban J connectivity index is 2.46. The Morgan fingerprint density at radius 2 is 2.09 bits per heavy atom. The Bertz CT molecular complexity index is 918. The van der Waals surface area contributed by atoms with E-state index in [4.69, 9.17) is 17.3 Å². The lowest BCUT2D eigenvalue weighted by Gasteiger charge is -2.16. The number of hydrogen-bond acceptors (Lipinski definition) is 4. The van der Waals surface area contributed by atoms with Crippen LogP contribution in [0, 0.1) is 6.92 Å². The highest BCUT2D eigenvalue weighted by Crippen LogP contribution is 2.22. The lowest BCUT2D eigenvalue weighted by atomic mass is 10.2. The second kappa shape index (κ2) is 5.51. The summed E-state index contributed by atoms with van der Waals surface area (Å²) in [6.07, 6.45) is 3.34. The summed E-state index contributed by atoms with van der Waals surface area (Å²) < 4.78 is 1.48. The van der Waals surface area contributed by atoms with E-state index in [1.165, 1.54) is 4.57 Å². The average molecular weight is 315 g/mol. The van der Waals surface area contributed by atoms with E-state index in [9.17, 15) is 4.79 Å². The van der Waals surface area contributed by atoms with Crippen molar-refractivity contribution in [3.05, 3.63) is 63.4 Å². The molecule has 0 unspecified atom stereocenters. The summed E-state index contributed by atoms with van der Waals surface area (Å²) >= 11 is 6.18. The third-order valence-corrected chi connectivity index (χ3v) is 3.71. The molecule has 22 heavy (non-hydrogen) atoms. The third kappa shape index (κ3) is 2.38. The molecule has 0 saturated carbocycles. The Labute approximate surface area is 132 Å². The first-order valence-electron chi connectivity index (χ1n) is 6.88. The minimum absolute atomic E-state index is 0.240. The van der Waals surface area contributed by atoms with Crippen LogP contribution in [-0.2, 0) is 0 Å². The molecule has 0 fully saturated rings. The lowest BCUT2D eigenvalue weighted by Crippen LogP contribution is -2.27. The SMILES string of the molecule is Cc1cncc(-n2c([C@H](C)N)nc3cccc(Cl)c3c2=O)c1. The Morgan fingerprint density at radius 3 is 2.77 bits per heavy atom. The molecule has 1 aromatic carbocycles. The molecule has 2 heterocycles. The van der Waals surface area contributed by atoms with Crippen molar-refractivity contribution < 1.29 is 0 Å². The zero-order valence-electron chi connectivity index (χ0n) is 12.2. The van der Waals surface area contributed by atoms with Crippen LogP contribution in [0.5, 0.6) is 0 Å². The van der Waals surface area contributed by atoms with Crippen LogP contribution in [0.2, 0.25) is 5.02 Å². The molecule has 1 atom stereocenters. The van der Waals surface area contributed by atoms with E-state index < -0.39 is 6.04 Å². The standard InChI is InChI=1S/C16H15ClN4O/c1-9-6-11(8-19-7-9)21-15(10(2)18)20-13-5-3-4-12(17)14(13)16(21)22/h3-8,10H,18H2,1-2H3/t10-/m0/s1. The van der Waals surface area contributed by atoms with Gasteiger partial charge in [0.25, 0.3) is 5.56 Å². The molecule has 0 bridgehead atoms. The zero-order valence-corrected chi connectivity index (χ0v) is 13.0. The number of nitrogens with two attached hydrogens (primary N) is 1. The van der Waals surface area contributed by atoms with Crippen molar-refractivity contribution in [2.24, 2.45) is 5.73 Å². The van der Waals surface area contributed by atoms with E-state index in [0.717, 1.165) is 5.56 Å². The maximum absolute atomic E-state index is 12.9. The number of pyridine rings is 1. The van der Waals surface area contributed by atoms with Crippen LogP contribution in [0.15, 0.2) is 41.5 Å². The summed E-state index contributed by atoms with van der Waals surface area (Å²) in [5.41, 5.74) is 7.89. The molecule has 0 aliphatic rings. The molecule has 0 aliphatic heterocycles. The van der Waals surface area contributed by atoms with Gasteiger partial charge in [-0.2, -0.15) is 0 Å². The Hall–Kier alpha value is -2.24. The Kier molecular flexibility index (Phi) is 3.68. The summed E-state index contributed by atoms with van der Waals surface area (Å²) in [5.74, 6) is 0.479. The molecule has 0 radical (unpaired) electrons. The number of nitrogens with zero attached hydrogens (tertiary/aromatic N) is 3. The number of aromatic nitrogens is 3. The number of rotatable bonds is 2. The van der Waals surface area contributed by atoms with Crippen LogP contribution in [0.25, 0.3) is 16.6 Å². The number of fused-ring (bicyclic) bond motifs is 1. The minimum atomic E-state index is -0.406. The van der Waals surface area contributed by atoms with E-state index in [1.54, 1.807) is 37.5 Å². The molecule has 3 rings (SSSR count). The van der Waals surface area contributed by atoms with Crippen molar-refractivity contribution in [3.8, 4) is 5.69 Å². The van der Waals surface area contributed by atoms with Gasteiger partial charge in [0.15, 0.2) is 0 Å². The summed E-state index contributed by atoms with van der Waals surface area (Å²) in [4.78, 5) is 21.6. The number of hydrogen-bond donors (Lipinski definition) is 1. The topological polar surface area (TPSA) is 73.8 Å². The van der Waals surface area contributed by atoms with Crippen LogP contribution in [0.3, 0.4) is 0 Å². The van der Waals surface area contributed by atoms with Crippen molar-refractivity contribution in [2.45, 2.75) is 19.9 Å². The molecule has 0 spiro atoms. The van der Waals surface area contributed by atoms with Gasteiger partial charge in [0.05, 0.1) is 33.9 Å². The van der Waals surface area contributed by atoms with Crippen molar-refractivity contribution >= 4 is 22.5 Å². The predicted molar refractivity (Wildman–Crippen MR) is 87.5 cm³/mol. The van der Waals surface area contributed by atoms with Gasteiger partial charge in [-0.1, -0.05) is 17.7 Å². The van der Waals surface area contributed by atoms with Gasteiger partial charge >= 0.3 is 0 Å². The molecular formula is C16H15ClN4O. The first-order chi connectivity index (χ1) is 10.5. The molecular weight excluding hydrogens is 300 g/mol. The predicted octanol–water partition coefficient (Wildman–Crippen LogP) is 2.76. The maximum atomic E-state index is 12.9. The van der Waals surface area contributed by atoms with Gasteiger partial charge in [0.1, 0.15) is 5.82 Å². The summed E-state index contributed by atoms with van der Waals surface area (Å²) in [6, 6.07) is 6.66. The molecule has 6 heteroatoms. The van der Waals surface area contributed by atoms with E-state index in [0.29, 0.717) is 27.4 Å². The number of aryl methyl sites for hydroxylation is 1. The second-order valence-electron chi connectivity index (χ2n) is 5.25. The smallest absolute Gasteiger partial charge is 0.267 e. The van der Waals surface area contributed by atoms with Crippen LogP contribution >= 0.6 is 11.6 Å². The fourth-order valence-electron chi connectivity index (χ4n) is 2.42. The molecule has 112 valence electrons. The first kappa shape index (κ1) is 14.7. The van der Waals surface area contributed by atoms with E-state index in [1.807, 2.05) is 13.0 Å². The van der Waals surface area contributed by atoms with Gasteiger partial charge in [0, 0.05) is 6.20 Å². The first-order valence-corrected chi connectivity index (χ1v) is 7.25.